The molecule has 1 N–H and O–H groups in total. The minimum absolute atomic E-state index is 0.0974. The monoisotopic (exact) mass is 315 g/mol. The summed E-state index contributed by atoms with van der Waals surface area (Å²) >= 11 is 0. The molecule has 1 aliphatic heterocycles. The Labute approximate surface area is 140 Å². The van der Waals surface area contributed by atoms with Crippen molar-refractivity contribution >= 4 is 5.97 Å². The van der Waals surface area contributed by atoms with Crippen molar-refractivity contribution in [2.24, 2.45) is 16.7 Å². The highest BCUT2D eigenvalue weighted by atomic mass is 16.5. The van der Waals surface area contributed by atoms with Crippen molar-refractivity contribution in [2.45, 2.75) is 53.6 Å². The van der Waals surface area contributed by atoms with Crippen molar-refractivity contribution in [1.82, 2.24) is 5.32 Å². The van der Waals surface area contributed by atoms with E-state index in [9.17, 15) is 4.79 Å². The second-order valence-electron chi connectivity index (χ2n) is 8.16. The summed E-state index contributed by atoms with van der Waals surface area (Å²) in [6, 6.07) is 0. The Morgan fingerprint density at radius 3 is 2.35 bits per heavy atom. The molecule has 1 saturated carbocycles. The Hall–Kier alpha value is -1.77. The summed E-state index contributed by atoms with van der Waals surface area (Å²) in [5.74, 6) is 0.138. The van der Waals surface area contributed by atoms with E-state index >= 15 is 0 Å². The Morgan fingerprint density at radius 1 is 1.17 bits per heavy atom. The lowest BCUT2D eigenvalue weighted by atomic mass is 9.58. The highest BCUT2D eigenvalue weighted by molar-refractivity contribution is 5.87. The zero-order chi connectivity index (χ0) is 17.3. The largest absolute Gasteiger partial charge is 0.458 e. The first-order valence-electron chi connectivity index (χ1n) is 8.30. The Kier molecular flexibility index (Phi) is 4.88. The second kappa shape index (κ2) is 6.38. The van der Waals surface area contributed by atoms with E-state index in [4.69, 9.17) is 4.74 Å². The Bertz CT molecular complexity index is 560. The van der Waals surface area contributed by atoms with Crippen molar-refractivity contribution in [3.8, 4) is 0 Å². The number of nitrogens with one attached hydrogen (secondary N) is 1. The fourth-order valence-corrected chi connectivity index (χ4v) is 4.09. The number of carbonyl (C=O) groups excluding carboxylic acids is 1. The molecule has 2 aliphatic rings. The first kappa shape index (κ1) is 17.6. The van der Waals surface area contributed by atoms with Gasteiger partial charge in [-0.2, -0.15) is 0 Å². The highest BCUT2D eigenvalue weighted by Crippen LogP contribution is 2.51. The van der Waals surface area contributed by atoms with Crippen molar-refractivity contribution in [2.75, 3.05) is 0 Å². The molecule has 0 atom stereocenters. The van der Waals surface area contributed by atoms with Gasteiger partial charge in [-0.1, -0.05) is 46.4 Å². The lowest BCUT2D eigenvalue weighted by molar-refractivity contribution is -0.170. The smallest absolute Gasteiger partial charge is 0.333 e. The molecule has 0 aromatic rings. The van der Waals surface area contributed by atoms with Gasteiger partial charge in [0.05, 0.1) is 0 Å². The highest BCUT2D eigenvalue weighted by Gasteiger charge is 2.50. The van der Waals surface area contributed by atoms with Crippen molar-refractivity contribution < 1.29 is 9.53 Å². The number of ether oxygens (including phenoxy) is 1. The van der Waals surface area contributed by atoms with E-state index in [0.29, 0.717) is 11.5 Å². The fourth-order valence-electron chi connectivity index (χ4n) is 4.09. The summed E-state index contributed by atoms with van der Waals surface area (Å²) < 4.78 is 5.84. The van der Waals surface area contributed by atoms with Gasteiger partial charge in [-0.15, -0.1) is 0 Å². The molecule has 3 nitrogen and oxygen atoms in total. The second-order valence-corrected chi connectivity index (χ2v) is 8.16. The molecule has 1 aliphatic carbocycles. The Morgan fingerprint density at radius 2 is 1.78 bits per heavy atom. The molecule has 0 saturated heterocycles. The van der Waals surface area contributed by atoms with E-state index in [2.05, 4.69) is 51.7 Å². The molecule has 1 heterocycles. The number of allylic oxidation sites excluding steroid dienone is 5. The summed E-state index contributed by atoms with van der Waals surface area (Å²) in [5, 5.41) is 3.40. The van der Waals surface area contributed by atoms with E-state index in [1.807, 2.05) is 18.4 Å². The molecule has 0 amide bonds. The third kappa shape index (κ3) is 3.95. The number of carbonyl (C=O) groups is 1. The molecule has 3 heteroatoms. The zero-order valence-electron chi connectivity index (χ0n) is 15.0. The predicted molar refractivity (Wildman–Crippen MR) is 94.5 cm³/mol. The van der Waals surface area contributed by atoms with Crippen LogP contribution in [0.5, 0.6) is 0 Å². The van der Waals surface area contributed by atoms with Gasteiger partial charge >= 0.3 is 5.97 Å². The third-order valence-electron chi connectivity index (χ3n) is 4.82. The fraction of sp³-hybridized carbons (Fsp3) is 0.550. The van der Waals surface area contributed by atoms with E-state index < -0.39 is 0 Å². The van der Waals surface area contributed by atoms with Crippen LogP contribution >= 0.6 is 0 Å². The molecule has 0 spiro atoms. The van der Waals surface area contributed by atoms with Crippen LogP contribution in [0.2, 0.25) is 0 Å². The maximum Gasteiger partial charge on any atom is 0.333 e. The molecular formula is C20H29NO2. The van der Waals surface area contributed by atoms with Gasteiger partial charge in [0.2, 0.25) is 0 Å². The van der Waals surface area contributed by atoms with Crippen molar-refractivity contribution in [3.63, 3.8) is 0 Å². The van der Waals surface area contributed by atoms with Crippen LogP contribution in [0.25, 0.3) is 0 Å². The van der Waals surface area contributed by atoms with Crippen LogP contribution in [0.15, 0.2) is 48.4 Å². The molecule has 2 rings (SSSR count). The van der Waals surface area contributed by atoms with Gasteiger partial charge in [0, 0.05) is 34.2 Å². The van der Waals surface area contributed by atoms with Crippen LogP contribution < -0.4 is 5.32 Å². The molecule has 0 unspecified atom stereocenters. The van der Waals surface area contributed by atoms with Crippen LogP contribution in [0.4, 0.5) is 0 Å². The summed E-state index contributed by atoms with van der Waals surface area (Å²) in [5.41, 5.74) is 1.50. The van der Waals surface area contributed by atoms with Gasteiger partial charge in [0.15, 0.2) is 0 Å². The zero-order valence-corrected chi connectivity index (χ0v) is 15.0. The van der Waals surface area contributed by atoms with Crippen molar-refractivity contribution in [1.29, 1.82) is 0 Å². The average Bonchev–Trinajstić information content (AvgIpc) is 2.70. The molecule has 1 fully saturated rings. The number of hydrogen-bond acceptors (Lipinski definition) is 3. The molecule has 0 bridgehead atoms. The van der Waals surface area contributed by atoms with Crippen LogP contribution in [0.3, 0.4) is 0 Å². The molecule has 0 aromatic heterocycles. The van der Waals surface area contributed by atoms with Crippen LogP contribution in [0.1, 0.15) is 47.5 Å². The standard InChI is InChI=1S/C20H29NO2/c1-14(2)17(22)23-18-19(3,4)12-15(13-20(18,5)6)16-10-8-7-9-11-21-16/h7-11,15,18,21H,1,12-13H2,2-6H3. The molecule has 126 valence electrons. The molecule has 23 heavy (non-hydrogen) atoms. The summed E-state index contributed by atoms with van der Waals surface area (Å²) in [4.78, 5) is 12.1. The van der Waals surface area contributed by atoms with Crippen LogP contribution in [-0.4, -0.2) is 12.1 Å². The lowest BCUT2D eigenvalue weighted by Crippen LogP contribution is -2.51. The minimum Gasteiger partial charge on any atom is -0.458 e. The van der Waals surface area contributed by atoms with Crippen LogP contribution in [0, 0.1) is 16.7 Å². The number of hydrogen-bond donors (Lipinski definition) is 1. The predicted octanol–water partition coefficient (Wildman–Crippen LogP) is 4.49. The van der Waals surface area contributed by atoms with E-state index in [0.717, 1.165) is 12.8 Å². The maximum absolute atomic E-state index is 12.1. The topological polar surface area (TPSA) is 38.3 Å². The first-order chi connectivity index (χ1) is 10.6. The third-order valence-corrected chi connectivity index (χ3v) is 4.82. The minimum atomic E-state index is -0.285. The normalized spacial score (nSPS) is 28.3. The van der Waals surface area contributed by atoms with Gasteiger partial charge in [0.1, 0.15) is 6.10 Å². The number of esters is 1. The lowest BCUT2D eigenvalue weighted by Gasteiger charge is -2.51. The SMILES string of the molecule is C=C(C)C(=O)OC1C(C)(C)CC(C2=CC=CC=CN2)CC1(C)C. The molecular weight excluding hydrogens is 286 g/mol. The van der Waals surface area contributed by atoms with Gasteiger partial charge in [-0.25, -0.2) is 4.79 Å². The van der Waals surface area contributed by atoms with E-state index in [1.165, 1.54) is 5.70 Å². The van der Waals surface area contributed by atoms with Gasteiger partial charge in [0.25, 0.3) is 0 Å². The average molecular weight is 315 g/mol. The van der Waals surface area contributed by atoms with E-state index in [-0.39, 0.29) is 22.9 Å². The first-order valence-corrected chi connectivity index (χ1v) is 8.30. The van der Waals surface area contributed by atoms with E-state index in [1.54, 1.807) is 6.92 Å². The maximum atomic E-state index is 12.1. The van der Waals surface area contributed by atoms with Gasteiger partial charge in [-0.3, -0.25) is 0 Å². The van der Waals surface area contributed by atoms with Gasteiger partial charge in [-0.05, 0) is 31.9 Å². The molecule has 0 aromatic carbocycles. The van der Waals surface area contributed by atoms with Crippen molar-refractivity contribution in [3.05, 3.63) is 48.4 Å². The number of rotatable bonds is 3. The summed E-state index contributed by atoms with van der Waals surface area (Å²) in [7, 11) is 0. The quantitative estimate of drug-likeness (QED) is 0.616. The van der Waals surface area contributed by atoms with Gasteiger partial charge < -0.3 is 10.1 Å². The summed E-state index contributed by atoms with van der Waals surface area (Å²) in [6.07, 6.45) is 12.1. The Balaban J connectivity index is 2.23. The molecule has 0 radical (unpaired) electrons. The van der Waals surface area contributed by atoms with Crippen LogP contribution in [-0.2, 0) is 9.53 Å². The summed E-state index contributed by atoms with van der Waals surface area (Å²) in [6.45, 7) is 14.2.